The second kappa shape index (κ2) is 7.13. The van der Waals surface area contributed by atoms with E-state index in [4.69, 9.17) is 14.2 Å². The van der Waals surface area contributed by atoms with Crippen LogP contribution < -0.4 is 9.47 Å². The van der Waals surface area contributed by atoms with Gasteiger partial charge in [0.15, 0.2) is 11.5 Å². The zero-order valence-electron chi connectivity index (χ0n) is 12.7. The van der Waals surface area contributed by atoms with Crippen molar-refractivity contribution < 1.29 is 19.0 Å². The van der Waals surface area contributed by atoms with E-state index in [2.05, 4.69) is 0 Å². The fraction of sp³-hybridized carbons (Fsp3) is 0.438. The number of ether oxygens (including phenoxy) is 3. The average molecular weight is 291 g/mol. The highest BCUT2D eigenvalue weighted by molar-refractivity contribution is 5.92. The van der Waals surface area contributed by atoms with E-state index in [0.717, 1.165) is 5.56 Å². The van der Waals surface area contributed by atoms with E-state index in [1.807, 2.05) is 25.1 Å². The third-order valence-corrected chi connectivity index (χ3v) is 3.38. The van der Waals surface area contributed by atoms with Crippen LogP contribution in [0.25, 0.3) is 6.08 Å². The number of amides is 1. The monoisotopic (exact) mass is 291 g/mol. The molecule has 1 saturated heterocycles. The summed E-state index contributed by atoms with van der Waals surface area (Å²) in [6.07, 6.45) is 3.46. The van der Waals surface area contributed by atoms with Crippen molar-refractivity contribution in [3.63, 3.8) is 0 Å². The molecule has 5 nitrogen and oxygen atoms in total. The molecule has 2 rings (SSSR count). The van der Waals surface area contributed by atoms with E-state index in [1.165, 1.54) is 0 Å². The summed E-state index contributed by atoms with van der Waals surface area (Å²) < 4.78 is 15.9. The molecule has 1 aliphatic rings. The Bertz CT molecular complexity index is 527. The summed E-state index contributed by atoms with van der Waals surface area (Å²) in [6.45, 7) is 3.84. The number of carbonyl (C=O) groups is 1. The van der Waals surface area contributed by atoms with Crippen LogP contribution in [0.15, 0.2) is 24.3 Å². The Labute approximate surface area is 125 Å². The Balaban J connectivity index is 2.04. The van der Waals surface area contributed by atoms with Crippen LogP contribution in [-0.4, -0.2) is 50.8 Å². The minimum Gasteiger partial charge on any atom is -0.493 e. The maximum atomic E-state index is 12.1. The molecule has 21 heavy (non-hydrogen) atoms. The highest BCUT2D eigenvalue weighted by Gasteiger charge is 2.19. The largest absolute Gasteiger partial charge is 0.493 e. The number of rotatable bonds is 4. The first-order chi connectivity index (χ1) is 10.1. The van der Waals surface area contributed by atoms with Crippen LogP contribution in [0.2, 0.25) is 0 Å². The van der Waals surface area contributed by atoms with Crippen molar-refractivity contribution in [1.82, 2.24) is 4.90 Å². The van der Waals surface area contributed by atoms with E-state index in [9.17, 15) is 4.79 Å². The summed E-state index contributed by atoms with van der Waals surface area (Å²) in [5.74, 6) is 1.31. The van der Waals surface area contributed by atoms with Gasteiger partial charge in [0, 0.05) is 19.2 Å². The predicted molar refractivity (Wildman–Crippen MR) is 80.6 cm³/mol. The third-order valence-electron chi connectivity index (χ3n) is 3.38. The maximum absolute atomic E-state index is 12.1. The lowest BCUT2D eigenvalue weighted by atomic mass is 10.2. The molecule has 0 spiro atoms. The summed E-state index contributed by atoms with van der Waals surface area (Å²) in [5.41, 5.74) is 0.891. The van der Waals surface area contributed by atoms with Crippen LogP contribution in [0, 0.1) is 0 Å². The molecule has 0 aliphatic carbocycles. The number of hydrogen-bond acceptors (Lipinski definition) is 4. The molecule has 1 heterocycles. The smallest absolute Gasteiger partial charge is 0.246 e. The van der Waals surface area contributed by atoms with Gasteiger partial charge < -0.3 is 19.1 Å². The topological polar surface area (TPSA) is 48.0 Å². The van der Waals surface area contributed by atoms with Crippen LogP contribution in [0.5, 0.6) is 11.5 Å². The van der Waals surface area contributed by atoms with Crippen LogP contribution in [0.1, 0.15) is 12.5 Å². The molecule has 1 aliphatic heterocycles. The number of benzene rings is 1. The lowest BCUT2D eigenvalue weighted by Gasteiger charge is -2.30. The molecule has 5 heteroatoms. The Morgan fingerprint density at radius 2 is 2.10 bits per heavy atom. The Morgan fingerprint density at radius 3 is 2.76 bits per heavy atom. The Kier molecular flexibility index (Phi) is 5.22. The summed E-state index contributed by atoms with van der Waals surface area (Å²) in [5, 5.41) is 0. The van der Waals surface area contributed by atoms with Crippen molar-refractivity contribution in [3.05, 3.63) is 29.8 Å². The SMILES string of the molecule is COc1ccc(/C=C/C(=O)N2CCOC(C)C2)cc1OC. The first kappa shape index (κ1) is 15.4. The fourth-order valence-electron chi connectivity index (χ4n) is 2.25. The fourth-order valence-corrected chi connectivity index (χ4v) is 2.25. The molecule has 1 atom stereocenters. The molecule has 1 aromatic carbocycles. The molecule has 0 N–H and O–H groups in total. The van der Waals surface area contributed by atoms with Crippen molar-refractivity contribution in [2.45, 2.75) is 13.0 Å². The summed E-state index contributed by atoms with van der Waals surface area (Å²) in [4.78, 5) is 13.9. The summed E-state index contributed by atoms with van der Waals surface area (Å²) in [6, 6.07) is 5.54. The van der Waals surface area contributed by atoms with E-state index in [1.54, 1.807) is 31.3 Å². The van der Waals surface area contributed by atoms with Gasteiger partial charge in [-0.05, 0) is 30.7 Å². The van der Waals surface area contributed by atoms with E-state index in [0.29, 0.717) is 31.2 Å². The first-order valence-electron chi connectivity index (χ1n) is 6.94. The second-order valence-electron chi connectivity index (χ2n) is 4.91. The number of morpholine rings is 1. The van der Waals surface area contributed by atoms with Crippen LogP contribution in [0.3, 0.4) is 0 Å². The van der Waals surface area contributed by atoms with E-state index >= 15 is 0 Å². The van der Waals surface area contributed by atoms with E-state index in [-0.39, 0.29) is 12.0 Å². The lowest BCUT2D eigenvalue weighted by Crippen LogP contribution is -2.43. The molecule has 114 valence electrons. The highest BCUT2D eigenvalue weighted by Crippen LogP contribution is 2.27. The number of nitrogens with zero attached hydrogens (tertiary/aromatic N) is 1. The van der Waals surface area contributed by atoms with Gasteiger partial charge in [0.2, 0.25) is 5.91 Å². The van der Waals surface area contributed by atoms with Crippen molar-refractivity contribution in [3.8, 4) is 11.5 Å². The van der Waals surface area contributed by atoms with Crippen LogP contribution in [0.4, 0.5) is 0 Å². The summed E-state index contributed by atoms with van der Waals surface area (Å²) in [7, 11) is 3.18. The molecule has 1 amide bonds. The molecule has 0 aromatic heterocycles. The van der Waals surface area contributed by atoms with Gasteiger partial charge in [-0.15, -0.1) is 0 Å². The zero-order chi connectivity index (χ0) is 15.2. The molecular weight excluding hydrogens is 270 g/mol. The molecular formula is C16H21NO4. The van der Waals surface area contributed by atoms with Crippen molar-refractivity contribution >= 4 is 12.0 Å². The summed E-state index contributed by atoms with van der Waals surface area (Å²) >= 11 is 0. The predicted octanol–water partition coefficient (Wildman–Crippen LogP) is 1.96. The first-order valence-corrected chi connectivity index (χ1v) is 6.94. The molecule has 1 unspecified atom stereocenters. The normalized spacial score (nSPS) is 18.8. The van der Waals surface area contributed by atoms with Crippen molar-refractivity contribution in [2.75, 3.05) is 33.9 Å². The minimum atomic E-state index is -0.0000603. The molecule has 1 aromatic rings. The number of hydrogen-bond donors (Lipinski definition) is 0. The number of carbonyl (C=O) groups excluding carboxylic acids is 1. The van der Waals surface area contributed by atoms with Gasteiger partial charge in [-0.25, -0.2) is 0 Å². The van der Waals surface area contributed by atoms with Gasteiger partial charge in [-0.3, -0.25) is 4.79 Å². The zero-order valence-corrected chi connectivity index (χ0v) is 12.7. The Morgan fingerprint density at radius 1 is 1.33 bits per heavy atom. The average Bonchev–Trinajstić information content (AvgIpc) is 2.52. The van der Waals surface area contributed by atoms with Gasteiger partial charge in [-0.2, -0.15) is 0 Å². The van der Waals surface area contributed by atoms with Gasteiger partial charge >= 0.3 is 0 Å². The quantitative estimate of drug-likeness (QED) is 0.796. The molecule has 1 fully saturated rings. The lowest BCUT2D eigenvalue weighted by molar-refractivity contribution is -0.132. The van der Waals surface area contributed by atoms with Gasteiger partial charge in [0.1, 0.15) is 0 Å². The van der Waals surface area contributed by atoms with E-state index < -0.39 is 0 Å². The standard InChI is InChI=1S/C16H21NO4/c1-12-11-17(8-9-21-12)16(18)7-5-13-4-6-14(19-2)15(10-13)20-3/h4-7,10,12H,8-9,11H2,1-3H3/b7-5+. The molecule has 0 saturated carbocycles. The van der Waals surface area contributed by atoms with Gasteiger partial charge in [0.25, 0.3) is 0 Å². The van der Waals surface area contributed by atoms with Gasteiger partial charge in [-0.1, -0.05) is 6.07 Å². The number of methoxy groups -OCH3 is 2. The second-order valence-corrected chi connectivity index (χ2v) is 4.91. The Hall–Kier alpha value is -2.01. The molecule has 0 bridgehead atoms. The van der Waals surface area contributed by atoms with Crippen molar-refractivity contribution in [1.29, 1.82) is 0 Å². The third kappa shape index (κ3) is 3.98. The highest BCUT2D eigenvalue weighted by atomic mass is 16.5. The van der Waals surface area contributed by atoms with Gasteiger partial charge in [0.05, 0.1) is 26.9 Å². The minimum absolute atomic E-state index is 0.0000603. The molecule has 0 radical (unpaired) electrons. The maximum Gasteiger partial charge on any atom is 0.246 e. The van der Waals surface area contributed by atoms with Crippen LogP contribution >= 0.6 is 0 Å². The van der Waals surface area contributed by atoms with Crippen LogP contribution in [-0.2, 0) is 9.53 Å². The van der Waals surface area contributed by atoms with Crippen molar-refractivity contribution in [2.24, 2.45) is 0 Å².